The molecule has 120 valence electrons. The van der Waals surface area contributed by atoms with Crippen LogP contribution in [0, 0.1) is 5.41 Å². The van der Waals surface area contributed by atoms with Gasteiger partial charge in [0.15, 0.2) is 0 Å². The van der Waals surface area contributed by atoms with Gasteiger partial charge in [-0.2, -0.15) is 0 Å². The first-order valence-electron chi connectivity index (χ1n) is 8.34. The zero-order chi connectivity index (χ0) is 16.0. The molecule has 21 heavy (non-hydrogen) atoms. The van der Waals surface area contributed by atoms with Gasteiger partial charge in [-0.25, -0.2) is 0 Å². The minimum atomic E-state index is 0.168. The van der Waals surface area contributed by atoms with Crippen LogP contribution in [-0.4, -0.2) is 24.5 Å². The summed E-state index contributed by atoms with van der Waals surface area (Å²) >= 11 is 0. The van der Waals surface area contributed by atoms with Crippen molar-refractivity contribution in [1.29, 1.82) is 0 Å². The number of nitrogens with zero attached hydrogens (tertiary/aromatic N) is 1. The molecule has 2 N–H and O–H groups in total. The number of benzene rings is 1. The van der Waals surface area contributed by atoms with E-state index in [-0.39, 0.29) is 5.41 Å². The Balaban J connectivity index is 2.86. The molecule has 0 bridgehead atoms. The van der Waals surface area contributed by atoms with Gasteiger partial charge in [0.05, 0.1) is 0 Å². The van der Waals surface area contributed by atoms with Crippen molar-refractivity contribution >= 4 is 0 Å². The van der Waals surface area contributed by atoms with E-state index in [1.165, 1.54) is 17.5 Å². The average molecular weight is 290 g/mol. The third kappa shape index (κ3) is 5.44. The van der Waals surface area contributed by atoms with Crippen LogP contribution in [-0.2, 0) is 0 Å². The van der Waals surface area contributed by atoms with Crippen LogP contribution >= 0.6 is 0 Å². The van der Waals surface area contributed by atoms with Crippen molar-refractivity contribution in [1.82, 2.24) is 4.90 Å². The molecule has 0 aliphatic rings. The molecule has 2 heteroatoms. The average Bonchev–Trinajstić information content (AvgIpc) is 2.46. The van der Waals surface area contributed by atoms with Crippen LogP contribution in [0.3, 0.4) is 0 Å². The molecule has 0 fully saturated rings. The van der Waals surface area contributed by atoms with Gasteiger partial charge in [0.25, 0.3) is 0 Å². The fourth-order valence-electron chi connectivity index (χ4n) is 2.68. The Labute approximate surface area is 131 Å². The molecule has 2 nitrogen and oxygen atoms in total. The van der Waals surface area contributed by atoms with E-state index >= 15 is 0 Å². The van der Waals surface area contributed by atoms with E-state index in [9.17, 15) is 0 Å². The Morgan fingerprint density at radius 3 is 2.00 bits per heavy atom. The van der Waals surface area contributed by atoms with Crippen molar-refractivity contribution in [3.8, 4) is 0 Å². The van der Waals surface area contributed by atoms with Crippen molar-refractivity contribution in [2.45, 2.75) is 59.9 Å². The standard InChI is InChI=1S/C19H34N2/c1-7-12-21(14-19(5,6)13-20)16(4)18-10-8-17(9-11-18)15(2)3/h8-11,15-16H,7,12-14,20H2,1-6H3. The number of hydrogen-bond acceptors (Lipinski definition) is 2. The summed E-state index contributed by atoms with van der Waals surface area (Å²) in [5, 5.41) is 0. The summed E-state index contributed by atoms with van der Waals surface area (Å²) in [6.07, 6.45) is 1.18. The van der Waals surface area contributed by atoms with E-state index in [4.69, 9.17) is 5.73 Å². The van der Waals surface area contributed by atoms with E-state index in [1.54, 1.807) is 0 Å². The van der Waals surface area contributed by atoms with Gasteiger partial charge in [0.2, 0.25) is 0 Å². The number of nitrogens with two attached hydrogens (primary N) is 1. The van der Waals surface area contributed by atoms with E-state index in [1.807, 2.05) is 0 Å². The molecule has 0 radical (unpaired) electrons. The van der Waals surface area contributed by atoms with Crippen LogP contribution in [0.2, 0.25) is 0 Å². The van der Waals surface area contributed by atoms with Gasteiger partial charge in [-0.3, -0.25) is 4.90 Å². The molecule has 0 saturated heterocycles. The monoisotopic (exact) mass is 290 g/mol. The van der Waals surface area contributed by atoms with Gasteiger partial charge < -0.3 is 5.73 Å². The SMILES string of the molecule is CCCN(CC(C)(C)CN)C(C)c1ccc(C(C)C)cc1. The molecule has 1 rings (SSSR count). The molecule has 0 aliphatic carbocycles. The quantitative estimate of drug-likeness (QED) is 0.760. The minimum Gasteiger partial charge on any atom is -0.330 e. The predicted molar refractivity (Wildman–Crippen MR) is 93.6 cm³/mol. The Morgan fingerprint density at radius 2 is 1.57 bits per heavy atom. The van der Waals surface area contributed by atoms with E-state index in [0.29, 0.717) is 12.0 Å². The van der Waals surface area contributed by atoms with Crippen LogP contribution in [0.25, 0.3) is 0 Å². The molecule has 0 saturated carbocycles. The highest BCUT2D eigenvalue weighted by molar-refractivity contribution is 5.26. The van der Waals surface area contributed by atoms with Crippen molar-refractivity contribution in [2.24, 2.45) is 11.1 Å². The lowest BCUT2D eigenvalue weighted by Gasteiger charge is -2.36. The molecule has 0 spiro atoms. The van der Waals surface area contributed by atoms with Gasteiger partial charge in [0.1, 0.15) is 0 Å². The second-order valence-electron chi connectivity index (χ2n) is 7.34. The Morgan fingerprint density at radius 1 is 1.05 bits per heavy atom. The lowest BCUT2D eigenvalue weighted by atomic mass is 9.91. The summed E-state index contributed by atoms with van der Waals surface area (Å²) in [5.74, 6) is 0.595. The lowest BCUT2D eigenvalue weighted by Crippen LogP contribution is -2.40. The topological polar surface area (TPSA) is 29.3 Å². The maximum atomic E-state index is 5.92. The number of hydrogen-bond donors (Lipinski definition) is 1. The second-order valence-corrected chi connectivity index (χ2v) is 7.34. The van der Waals surface area contributed by atoms with Crippen molar-refractivity contribution in [2.75, 3.05) is 19.6 Å². The normalized spacial score (nSPS) is 14.0. The van der Waals surface area contributed by atoms with Crippen molar-refractivity contribution in [3.05, 3.63) is 35.4 Å². The molecule has 1 aromatic rings. The molecular formula is C19H34N2. The fourth-order valence-corrected chi connectivity index (χ4v) is 2.68. The molecule has 0 aromatic heterocycles. The summed E-state index contributed by atoms with van der Waals surface area (Å²) in [6.45, 7) is 16.4. The Kier molecular flexibility index (Phi) is 6.89. The number of rotatable bonds is 8. The molecule has 1 atom stereocenters. The summed E-state index contributed by atoms with van der Waals surface area (Å²) in [6, 6.07) is 9.57. The van der Waals surface area contributed by atoms with Crippen LogP contribution in [0.4, 0.5) is 0 Å². The van der Waals surface area contributed by atoms with E-state index < -0.39 is 0 Å². The van der Waals surface area contributed by atoms with Crippen LogP contribution < -0.4 is 5.73 Å². The van der Waals surface area contributed by atoms with E-state index in [2.05, 4.69) is 70.7 Å². The first-order valence-corrected chi connectivity index (χ1v) is 8.34. The summed E-state index contributed by atoms with van der Waals surface area (Å²) < 4.78 is 0. The van der Waals surface area contributed by atoms with Gasteiger partial charge >= 0.3 is 0 Å². The molecule has 1 aromatic carbocycles. The Bertz CT molecular complexity index is 406. The highest BCUT2D eigenvalue weighted by Crippen LogP contribution is 2.26. The third-order valence-electron chi connectivity index (χ3n) is 4.33. The van der Waals surface area contributed by atoms with Gasteiger partial charge in [-0.15, -0.1) is 0 Å². The first kappa shape index (κ1) is 18.2. The van der Waals surface area contributed by atoms with Crippen molar-refractivity contribution < 1.29 is 0 Å². The highest BCUT2D eigenvalue weighted by atomic mass is 15.2. The molecule has 1 unspecified atom stereocenters. The summed E-state index contributed by atoms with van der Waals surface area (Å²) in [4.78, 5) is 2.57. The molecular weight excluding hydrogens is 256 g/mol. The zero-order valence-corrected chi connectivity index (χ0v) is 14.8. The highest BCUT2D eigenvalue weighted by Gasteiger charge is 2.23. The summed E-state index contributed by atoms with van der Waals surface area (Å²) in [5.41, 5.74) is 8.90. The van der Waals surface area contributed by atoms with Crippen LogP contribution in [0.1, 0.15) is 71.0 Å². The largest absolute Gasteiger partial charge is 0.330 e. The van der Waals surface area contributed by atoms with Crippen molar-refractivity contribution in [3.63, 3.8) is 0 Å². The molecule has 0 heterocycles. The lowest BCUT2D eigenvalue weighted by molar-refractivity contribution is 0.140. The third-order valence-corrected chi connectivity index (χ3v) is 4.33. The maximum absolute atomic E-state index is 5.92. The van der Waals surface area contributed by atoms with Gasteiger partial charge in [-0.1, -0.05) is 58.9 Å². The van der Waals surface area contributed by atoms with Gasteiger partial charge in [-0.05, 0) is 48.9 Å². The van der Waals surface area contributed by atoms with Crippen LogP contribution in [0.5, 0.6) is 0 Å². The maximum Gasteiger partial charge on any atom is 0.0320 e. The van der Waals surface area contributed by atoms with Crippen LogP contribution in [0.15, 0.2) is 24.3 Å². The molecule has 0 amide bonds. The van der Waals surface area contributed by atoms with E-state index in [0.717, 1.165) is 19.6 Å². The second kappa shape index (κ2) is 7.95. The predicted octanol–water partition coefficient (Wildman–Crippen LogP) is 4.57. The zero-order valence-electron chi connectivity index (χ0n) is 14.8. The fraction of sp³-hybridized carbons (Fsp3) is 0.684. The smallest absolute Gasteiger partial charge is 0.0320 e. The first-order chi connectivity index (χ1) is 9.80. The molecule has 0 aliphatic heterocycles. The minimum absolute atomic E-state index is 0.168. The Hall–Kier alpha value is -0.860. The summed E-state index contributed by atoms with van der Waals surface area (Å²) in [7, 11) is 0. The van der Waals surface area contributed by atoms with Gasteiger partial charge in [0, 0.05) is 12.6 Å².